The smallest absolute Gasteiger partial charge is 0.0426 e. The fraction of sp³-hybridized carbons (Fsp3) is 0.200. The molecule has 1 nitrogen and oxygen atoms in total. The zero-order valence-corrected chi connectivity index (χ0v) is 11.9. The highest BCUT2D eigenvalue weighted by molar-refractivity contribution is 7.99. The molecule has 0 saturated heterocycles. The zero-order chi connectivity index (χ0) is 12.8. The predicted molar refractivity (Wildman–Crippen MR) is 81.8 cm³/mol. The first kappa shape index (κ1) is 13.3. The first-order valence-electron chi connectivity index (χ1n) is 5.93. The maximum Gasteiger partial charge on any atom is 0.0426 e. The predicted octanol–water partition coefficient (Wildman–Crippen LogP) is 4.85. The lowest BCUT2D eigenvalue weighted by Gasteiger charge is -2.08. The van der Waals surface area contributed by atoms with E-state index in [0.29, 0.717) is 0 Å². The normalized spacial score (nSPS) is 10.3. The standard InChI is InChI=1S/C15H16ClNS/c1-12-5-2-3-8-15(12)18-10-9-17-14-7-4-6-13(16)11-14/h2-8,11,17H,9-10H2,1H3. The second kappa shape index (κ2) is 6.72. The molecule has 18 heavy (non-hydrogen) atoms. The molecule has 94 valence electrons. The molecule has 3 heteroatoms. The van der Waals surface area contributed by atoms with E-state index in [2.05, 4.69) is 36.5 Å². The van der Waals surface area contributed by atoms with Crippen LogP contribution in [0.15, 0.2) is 53.4 Å². The van der Waals surface area contributed by atoms with E-state index in [-0.39, 0.29) is 0 Å². The van der Waals surface area contributed by atoms with Crippen LogP contribution in [0.3, 0.4) is 0 Å². The number of thioether (sulfide) groups is 1. The maximum atomic E-state index is 5.93. The van der Waals surface area contributed by atoms with Crippen LogP contribution >= 0.6 is 23.4 Å². The second-order valence-electron chi connectivity index (χ2n) is 4.05. The first-order chi connectivity index (χ1) is 8.75. The Bertz CT molecular complexity index is 513. The molecule has 0 radical (unpaired) electrons. The summed E-state index contributed by atoms with van der Waals surface area (Å²) in [4.78, 5) is 1.35. The van der Waals surface area contributed by atoms with Crippen molar-refractivity contribution in [3.8, 4) is 0 Å². The molecule has 2 aromatic carbocycles. The number of halogens is 1. The van der Waals surface area contributed by atoms with Gasteiger partial charge in [-0.15, -0.1) is 11.8 Å². The summed E-state index contributed by atoms with van der Waals surface area (Å²) in [5.74, 6) is 1.04. The molecule has 0 aliphatic heterocycles. The van der Waals surface area contributed by atoms with Gasteiger partial charge in [0.2, 0.25) is 0 Å². The summed E-state index contributed by atoms with van der Waals surface area (Å²) in [5, 5.41) is 4.14. The van der Waals surface area contributed by atoms with Crippen LogP contribution in [0.5, 0.6) is 0 Å². The second-order valence-corrected chi connectivity index (χ2v) is 5.62. The van der Waals surface area contributed by atoms with Crippen molar-refractivity contribution in [2.75, 3.05) is 17.6 Å². The Hall–Kier alpha value is -1.12. The van der Waals surface area contributed by atoms with Gasteiger partial charge in [0.1, 0.15) is 0 Å². The minimum Gasteiger partial charge on any atom is -0.384 e. The minimum absolute atomic E-state index is 0.770. The lowest BCUT2D eigenvalue weighted by molar-refractivity contribution is 1.21. The third kappa shape index (κ3) is 3.97. The van der Waals surface area contributed by atoms with E-state index >= 15 is 0 Å². The highest BCUT2D eigenvalue weighted by Gasteiger charge is 1.98. The van der Waals surface area contributed by atoms with Crippen LogP contribution in [0, 0.1) is 6.92 Å². The van der Waals surface area contributed by atoms with Crippen LogP contribution in [0.1, 0.15) is 5.56 Å². The van der Waals surface area contributed by atoms with Gasteiger partial charge in [-0.1, -0.05) is 35.9 Å². The molecule has 0 fully saturated rings. The molecule has 0 bridgehead atoms. The lowest BCUT2D eigenvalue weighted by Crippen LogP contribution is -2.03. The highest BCUT2D eigenvalue weighted by atomic mass is 35.5. The topological polar surface area (TPSA) is 12.0 Å². The quantitative estimate of drug-likeness (QED) is 0.619. The van der Waals surface area contributed by atoms with Crippen molar-refractivity contribution in [2.24, 2.45) is 0 Å². The van der Waals surface area contributed by atoms with E-state index < -0.39 is 0 Å². The summed E-state index contributed by atoms with van der Waals surface area (Å²) in [6.07, 6.45) is 0. The molecular weight excluding hydrogens is 262 g/mol. The summed E-state index contributed by atoms with van der Waals surface area (Å²) in [7, 11) is 0. The Morgan fingerprint density at radius 2 is 1.94 bits per heavy atom. The minimum atomic E-state index is 0.770. The number of hydrogen-bond acceptors (Lipinski definition) is 2. The lowest BCUT2D eigenvalue weighted by atomic mass is 10.2. The Labute approximate surface area is 118 Å². The molecule has 1 N–H and O–H groups in total. The van der Waals surface area contributed by atoms with E-state index in [1.165, 1.54) is 10.5 Å². The van der Waals surface area contributed by atoms with Crippen molar-refractivity contribution in [2.45, 2.75) is 11.8 Å². The Kier molecular flexibility index (Phi) is 4.97. The number of aryl methyl sites for hydroxylation is 1. The third-order valence-corrected chi connectivity index (χ3v) is 4.02. The van der Waals surface area contributed by atoms with Crippen LogP contribution in [-0.4, -0.2) is 12.3 Å². The van der Waals surface area contributed by atoms with E-state index in [0.717, 1.165) is 23.0 Å². The van der Waals surface area contributed by atoms with Gasteiger partial charge in [-0.25, -0.2) is 0 Å². The molecule has 0 heterocycles. The summed E-state index contributed by atoms with van der Waals surface area (Å²) < 4.78 is 0. The largest absolute Gasteiger partial charge is 0.384 e. The maximum absolute atomic E-state index is 5.93. The molecule has 0 saturated carbocycles. The van der Waals surface area contributed by atoms with E-state index in [1.807, 2.05) is 36.0 Å². The summed E-state index contributed by atoms with van der Waals surface area (Å²) in [6.45, 7) is 3.08. The molecule has 0 aliphatic carbocycles. The van der Waals surface area contributed by atoms with E-state index in [4.69, 9.17) is 11.6 Å². The van der Waals surface area contributed by atoms with Crippen LogP contribution in [0.4, 0.5) is 5.69 Å². The van der Waals surface area contributed by atoms with Gasteiger partial charge in [0.15, 0.2) is 0 Å². The molecule has 0 amide bonds. The van der Waals surface area contributed by atoms with Gasteiger partial charge in [-0.05, 0) is 36.8 Å². The molecular formula is C15H16ClNS. The number of rotatable bonds is 5. The van der Waals surface area contributed by atoms with Gasteiger partial charge in [0, 0.05) is 27.9 Å². The molecule has 0 unspecified atom stereocenters. The SMILES string of the molecule is Cc1ccccc1SCCNc1cccc(Cl)c1. The molecule has 0 spiro atoms. The fourth-order valence-corrected chi connectivity index (χ4v) is 2.76. The van der Waals surface area contributed by atoms with Crippen LogP contribution in [0.2, 0.25) is 5.02 Å². The van der Waals surface area contributed by atoms with Crippen molar-refractivity contribution < 1.29 is 0 Å². The average Bonchev–Trinajstić information content (AvgIpc) is 2.37. The Balaban J connectivity index is 1.78. The van der Waals surface area contributed by atoms with Crippen LogP contribution < -0.4 is 5.32 Å². The van der Waals surface area contributed by atoms with Gasteiger partial charge >= 0.3 is 0 Å². The molecule has 2 rings (SSSR count). The number of hydrogen-bond donors (Lipinski definition) is 1. The summed E-state index contributed by atoms with van der Waals surface area (Å²) in [6, 6.07) is 16.3. The number of anilines is 1. The van der Waals surface area contributed by atoms with Gasteiger partial charge < -0.3 is 5.32 Å². The van der Waals surface area contributed by atoms with Crippen molar-refractivity contribution in [3.05, 3.63) is 59.1 Å². The van der Waals surface area contributed by atoms with Crippen molar-refractivity contribution in [3.63, 3.8) is 0 Å². The zero-order valence-electron chi connectivity index (χ0n) is 10.3. The van der Waals surface area contributed by atoms with Crippen molar-refractivity contribution in [1.82, 2.24) is 0 Å². The Morgan fingerprint density at radius 3 is 2.72 bits per heavy atom. The molecule has 0 atom stereocenters. The highest BCUT2D eigenvalue weighted by Crippen LogP contribution is 2.21. The number of nitrogens with one attached hydrogen (secondary N) is 1. The van der Waals surface area contributed by atoms with Crippen molar-refractivity contribution >= 4 is 29.1 Å². The van der Waals surface area contributed by atoms with Gasteiger partial charge in [0.25, 0.3) is 0 Å². The molecule has 0 aromatic heterocycles. The first-order valence-corrected chi connectivity index (χ1v) is 7.30. The monoisotopic (exact) mass is 277 g/mol. The van der Waals surface area contributed by atoms with E-state index in [1.54, 1.807) is 0 Å². The summed E-state index contributed by atoms with van der Waals surface area (Å²) >= 11 is 7.80. The Morgan fingerprint density at radius 1 is 1.11 bits per heavy atom. The van der Waals surface area contributed by atoms with Gasteiger partial charge in [-0.3, -0.25) is 0 Å². The molecule has 0 aliphatic rings. The fourth-order valence-electron chi connectivity index (χ4n) is 1.67. The summed E-state index contributed by atoms with van der Waals surface area (Å²) in [5.41, 5.74) is 2.41. The average molecular weight is 278 g/mol. The third-order valence-electron chi connectivity index (χ3n) is 2.61. The van der Waals surface area contributed by atoms with Gasteiger partial charge in [-0.2, -0.15) is 0 Å². The van der Waals surface area contributed by atoms with E-state index in [9.17, 15) is 0 Å². The number of benzene rings is 2. The van der Waals surface area contributed by atoms with Crippen molar-refractivity contribution in [1.29, 1.82) is 0 Å². The molecule has 2 aromatic rings. The van der Waals surface area contributed by atoms with Gasteiger partial charge in [0.05, 0.1) is 0 Å². The van der Waals surface area contributed by atoms with Crippen LogP contribution in [0.25, 0.3) is 0 Å². The van der Waals surface area contributed by atoms with Crippen LogP contribution in [-0.2, 0) is 0 Å².